The lowest BCUT2D eigenvalue weighted by Crippen LogP contribution is -1.72. The SMILES string of the molecule is [C-]#[N+]CCCC#C. The normalized spacial score (nSPS) is 6.57. The summed E-state index contributed by atoms with van der Waals surface area (Å²) < 4.78 is 0. The number of nitrogens with zero attached hydrogens (tertiary/aromatic N) is 1. The minimum atomic E-state index is 0.574. The molecular formula is C6H7N. The van der Waals surface area contributed by atoms with E-state index in [0.717, 1.165) is 12.8 Å². The van der Waals surface area contributed by atoms with E-state index in [1.165, 1.54) is 0 Å². The quantitative estimate of drug-likeness (QED) is 0.275. The van der Waals surface area contributed by atoms with Gasteiger partial charge in [0.05, 0.1) is 0 Å². The second-order valence-corrected chi connectivity index (χ2v) is 1.19. The van der Waals surface area contributed by atoms with Crippen LogP contribution in [0.4, 0.5) is 0 Å². The van der Waals surface area contributed by atoms with Gasteiger partial charge < -0.3 is 4.85 Å². The largest absolute Gasteiger partial charge is 0.317 e. The summed E-state index contributed by atoms with van der Waals surface area (Å²) in [6.45, 7) is 6.91. The van der Waals surface area contributed by atoms with Gasteiger partial charge in [0.25, 0.3) is 0 Å². The van der Waals surface area contributed by atoms with E-state index in [2.05, 4.69) is 10.8 Å². The van der Waals surface area contributed by atoms with Crippen molar-refractivity contribution >= 4 is 0 Å². The van der Waals surface area contributed by atoms with Gasteiger partial charge in [0.1, 0.15) is 0 Å². The summed E-state index contributed by atoms with van der Waals surface area (Å²) in [5.41, 5.74) is 0. The zero-order valence-corrected chi connectivity index (χ0v) is 4.15. The Kier molecular flexibility index (Phi) is 4.36. The molecule has 0 aliphatic rings. The van der Waals surface area contributed by atoms with Gasteiger partial charge in [-0.05, 0) is 0 Å². The van der Waals surface area contributed by atoms with Gasteiger partial charge in [-0.1, -0.05) is 0 Å². The lowest BCUT2D eigenvalue weighted by molar-refractivity contribution is 0.944. The zero-order chi connectivity index (χ0) is 5.54. The molecule has 0 saturated carbocycles. The molecule has 0 atom stereocenters. The van der Waals surface area contributed by atoms with E-state index in [-0.39, 0.29) is 0 Å². The van der Waals surface area contributed by atoms with Gasteiger partial charge in [-0.2, -0.15) is 0 Å². The van der Waals surface area contributed by atoms with E-state index >= 15 is 0 Å². The standard InChI is InChI=1S/C6H7N/c1-3-4-5-6-7-2/h1H,4-6H2. The Hall–Kier alpha value is -0.950. The molecule has 0 aromatic heterocycles. The van der Waals surface area contributed by atoms with Crippen LogP contribution in [0, 0.1) is 18.9 Å². The molecule has 0 aromatic rings. The number of hydrogen-bond acceptors (Lipinski definition) is 0. The maximum Gasteiger partial charge on any atom is 0.215 e. The molecule has 0 rings (SSSR count). The Morgan fingerprint density at radius 3 is 2.86 bits per heavy atom. The Morgan fingerprint density at radius 1 is 1.71 bits per heavy atom. The number of terminal acetylenes is 1. The summed E-state index contributed by atoms with van der Waals surface area (Å²) in [6.07, 6.45) is 6.50. The molecule has 0 aliphatic carbocycles. The number of rotatable bonds is 2. The molecular weight excluding hydrogens is 86.1 g/mol. The van der Waals surface area contributed by atoms with Crippen LogP contribution in [0.3, 0.4) is 0 Å². The fourth-order valence-corrected chi connectivity index (χ4v) is 0.260. The molecule has 0 amide bonds. The highest BCUT2D eigenvalue weighted by Crippen LogP contribution is 1.84. The molecule has 0 unspecified atom stereocenters. The van der Waals surface area contributed by atoms with Crippen LogP contribution >= 0.6 is 0 Å². The lowest BCUT2D eigenvalue weighted by atomic mass is 10.3. The predicted molar refractivity (Wildman–Crippen MR) is 29.5 cm³/mol. The van der Waals surface area contributed by atoms with Crippen molar-refractivity contribution in [1.29, 1.82) is 0 Å². The zero-order valence-electron chi connectivity index (χ0n) is 4.15. The highest BCUT2D eigenvalue weighted by Gasteiger charge is 1.80. The maximum atomic E-state index is 6.34. The van der Waals surface area contributed by atoms with Crippen molar-refractivity contribution in [3.05, 3.63) is 11.4 Å². The molecule has 0 fully saturated rings. The molecule has 0 aromatic carbocycles. The molecule has 1 nitrogen and oxygen atoms in total. The maximum absolute atomic E-state index is 6.34. The smallest absolute Gasteiger partial charge is 0.215 e. The van der Waals surface area contributed by atoms with Gasteiger partial charge >= 0.3 is 0 Å². The van der Waals surface area contributed by atoms with Crippen LogP contribution < -0.4 is 0 Å². The van der Waals surface area contributed by atoms with Crippen molar-refractivity contribution < 1.29 is 0 Å². The molecule has 0 heterocycles. The fraction of sp³-hybridized carbons (Fsp3) is 0.500. The van der Waals surface area contributed by atoms with Crippen LogP contribution in [0.2, 0.25) is 0 Å². The van der Waals surface area contributed by atoms with Gasteiger partial charge in [-0.25, -0.2) is 6.57 Å². The Bertz CT molecular complexity index is 88.3. The topological polar surface area (TPSA) is 4.36 Å². The van der Waals surface area contributed by atoms with Gasteiger partial charge in [-0.15, -0.1) is 12.3 Å². The first kappa shape index (κ1) is 6.05. The van der Waals surface area contributed by atoms with Gasteiger partial charge in [0.15, 0.2) is 0 Å². The summed E-state index contributed by atoms with van der Waals surface area (Å²) in [4.78, 5) is 3.13. The summed E-state index contributed by atoms with van der Waals surface area (Å²) in [5, 5.41) is 0. The van der Waals surface area contributed by atoms with Crippen molar-refractivity contribution in [2.45, 2.75) is 12.8 Å². The van der Waals surface area contributed by atoms with Gasteiger partial charge in [-0.3, -0.25) is 0 Å². The summed E-state index contributed by atoms with van der Waals surface area (Å²) >= 11 is 0. The Labute approximate surface area is 44.2 Å². The van der Waals surface area contributed by atoms with Crippen molar-refractivity contribution in [3.8, 4) is 12.3 Å². The van der Waals surface area contributed by atoms with Crippen molar-refractivity contribution in [3.63, 3.8) is 0 Å². The van der Waals surface area contributed by atoms with Gasteiger partial charge in [0, 0.05) is 12.8 Å². The van der Waals surface area contributed by atoms with Crippen LogP contribution in [-0.4, -0.2) is 6.54 Å². The summed E-state index contributed by atoms with van der Waals surface area (Å²) in [7, 11) is 0. The minimum absolute atomic E-state index is 0.574. The Balaban J connectivity index is 2.77. The monoisotopic (exact) mass is 93.1 g/mol. The predicted octanol–water partition coefficient (Wildman–Crippen LogP) is 1.32. The van der Waals surface area contributed by atoms with Crippen molar-refractivity contribution in [2.24, 2.45) is 0 Å². The second kappa shape index (κ2) is 5.05. The van der Waals surface area contributed by atoms with Crippen LogP contribution in [0.15, 0.2) is 0 Å². The minimum Gasteiger partial charge on any atom is -0.317 e. The highest BCUT2D eigenvalue weighted by molar-refractivity contribution is 4.84. The molecule has 36 valence electrons. The van der Waals surface area contributed by atoms with Crippen molar-refractivity contribution in [2.75, 3.05) is 6.54 Å². The van der Waals surface area contributed by atoms with E-state index in [1.54, 1.807) is 0 Å². The number of hydrogen-bond donors (Lipinski definition) is 0. The summed E-state index contributed by atoms with van der Waals surface area (Å²) in [6, 6.07) is 0. The molecule has 0 radical (unpaired) electrons. The Morgan fingerprint density at radius 2 is 2.43 bits per heavy atom. The first-order valence-corrected chi connectivity index (χ1v) is 2.18. The second-order valence-electron chi connectivity index (χ2n) is 1.19. The third-order valence-electron chi connectivity index (χ3n) is 0.591. The van der Waals surface area contributed by atoms with E-state index < -0.39 is 0 Å². The average Bonchev–Trinajstić information content (AvgIpc) is 1.69. The van der Waals surface area contributed by atoms with Crippen molar-refractivity contribution in [1.82, 2.24) is 0 Å². The van der Waals surface area contributed by atoms with E-state index in [4.69, 9.17) is 13.0 Å². The average molecular weight is 93.1 g/mol. The first-order valence-electron chi connectivity index (χ1n) is 2.18. The van der Waals surface area contributed by atoms with Crippen LogP contribution in [0.5, 0.6) is 0 Å². The number of unbranched alkanes of at least 4 members (excludes halogenated alkanes) is 1. The van der Waals surface area contributed by atoms with E-state index in [1.807, 2.05) is 0 Å². The van der Waals surface area contributed by atoms with E-state index in [9.17, 15) is 0 Å². The van der Waals surface area contributed by atoms with Crippen LogP contribution in [0.1, 0.15) is 12.8 Å². The molecule has 0 spiro atoms. The third-order valence-corrected chi connectivity index (χ3v) is 0.591. The highest BCUT2D eigenvalue weighted by atomic mass is 14.6. The molecule has 0 saturated heterocycles. The van der Waals surface area contributed by atoms with Crippen LogP contribution in [-0.2, 0) is 0 Å². The fourth-order valence-electron chi connectivity index (χ4n) is 0.260. The first-order chi connectivity index (χ1) is 3.41. The lowest BCUT2D eigenvalue weighted by Gasteiger charge is -1.76. The summed E-state index contributed by atoms with van der Waals surface area (Å²) in [5.74, 6) is 2.46. The van der Waals surface area contributed by atoms with Crippen LogP contribution in [0.25, 0.3) is 4.85 Å². The molecule has 0 bridgehead atoms. The molecule has 1 heteroatoms. The third kappa shape index (κ3) is 5.05. The molecule has 7 heavy (non-hydrogen) atoms. The molecule has 0 N–H and O–H groups in total. The van der Waals surface area contributed by atoms with Gasteiger partial charge in [0.2, 0.25) is 6.54 Å². The van der Waals surface area contributed by atoms with E-state index in [0.29, 0.717) is 6.54 Å². The molecule has 0 aliphatic heterocycles.